The van der Waals surface area contributed by atoms with E-state index in [0.29, 0.717) is 48.9 Å². The minimum Gasteiger partial charge on any atom is -0.486 e. The van der Waals surface area contributed by atoms with Gasteiger partial charge in [-0.2, -0.15) is 0 Å². The summed E-state index contributed by atoms with van der Waals surface area (Å²) in [5.41, 5.74) is 0.763. The Morgan fingerprint density at radius 3 is 2.67 bits per heavy atom. The fourth-order valence-electron chi connectivity index (χ4n) is 3.49. The first-order valence-corrected chi connectivity index (χ1v) is 8.84. The Morgan fingerprint density at radius 1 is 1.26 bits per heavy atom. The topological polar surface area (TPSA) is 116 Å². The summed E-state index contributed by atoms with van der Waals surface area (Å²) < 4.78 is 12.6. The van der Waals surface area contributed by atoms with E-state index in [4.69, 9.17) is 14.6 Å². The summed E-state index contributed by atoms with van der Waals surface area (Å²) >= 11 is 0. The van der Waals surface area contributed by atoms with Gasteiger partial charge in [0.15, 0.2) is 17.2 Å². The van der Waals surface area contributed by atoms with Crippen LogP contribution < -0.4 is 14.8 Å². The highest BCUT2D eigenvalue weighted by molar-refractivity contribution is 5.94. The number of benzene rings is 1. The van der Waals surface area contributed by atoms with E-state index in [0.717, 1.165) is 6.42 Å². The van der Waals surface area contributed by atoms with E-state index in [1.54, 1.807) is 23.7 Å². The Bertz CT molecular complexity index is 903. The lowest BCUT2D eigenvalue weighted by atomic mass is 9.74. The average molecular weight is 372 g/mol. The second kappa shape index (κ2) is 6.57. The summed E-state index contributed by atoms with van der Waals surface area (Å²) in [4.78, 5) is 23.8. The number of carboxylic acids is 1. The first kappa shape index (κ1) is 17.3. The van der Waals surface area contributed by atoms with Gasteiger partial charge in [0.05, 0.1) is 23.3 Å². The molecule has 9 heteroatoms. The second-order valence-electron chi connectivity index (χ2n) is 6.92. The van der Waals surface area contributed by atoms with Gasteiger partial charge in [0.1, 0.15) is 13.2 Å². The lowest BCUT2D eigenvalue weighted by molar-refractivity contribution is -0.139. The van der Waals surface area contributed by atoms with Crippen molar-refractivity contribution in [3.63, 3.8) is 0 Å². The number of nitrogens with one attached hydrogen (secondary N) is 1. The van der Waals surface area contributed by atoms with E-state index in [2.05, 4.69) is 15.6 Å². The number of amides is 1. The fourth-order valence-corrected chi connectivity index (χ4v) is 3.49. The summed E-state index contributed by atoms with van der Waals surface area (Å²) in [6.07, 6.45) is 2.12. The van der Waals surface area contributed by atoms with Crippen molar-refractivity contribution in [1.29, 1.82) is 0 Å². The van der Waals surface area contributed by atoms with E-state index in [-0.39, 0.29) is 12.1 Å². The molecule has 1 fully saturated rings. The van der Waals surface area contributed by atoms with Crippen LogP contribution in [0.4, 0.5) is 0 Å². The van der Waals surface area contributed by atoms with Crippen LogP contribution in [0.3, 0.4) is 0 Å². The van der Waals surface area contributed by atoms with Crippen LogP contribution in [-0.4, -0.2) is 50.7 Å². The molecular formula is C18H20N4O5. The summed E-state index contributed by atoms with van der Waals surface area (Å²) in [7, 11) is 0. The van der Waals surface area contributed by atoms with Crippen LogP contribution in [0.2, 0.25) is 0 Å². The monoisotopic (exact) mass is 372 g/mol. The van der Waals surface area contributed by atoms with Crippen LogP contribution in [0.5, 0.6) is 11.5 Å². The molecule has 0 radical (unpaired) electrons. The third-order valence-corrected chi connectivity index (χ3v) is 5.06. The van der Waals surface area contributed by atoms with Gasteiger partial charge >= 0.3 is 5.97 Å². The van der Waals surface area contributed by atoms with Crippen molar-refractivity contribution in [2.24, 2.45) is 0 Å². The van der Waals surface area contributed by atoms with Crippen LogP contribution >= 0.6 is 0 Å². The number of carboxylic acid groups (broad SMARTS) is 1. The molecule has 1 aromatic heterocycles. The summed E-state index contributed by atoms with van der Waals surface area (Å²) in [5, 5.41) is 20.0. The van der Waals surface area contributed by atoms with Crippen molar-refractivity contribution in [2.75, 3.05) is 13.2 Å². The normalized spacial score (nSPS) is 17.1. The molecular weight excluding hydrogens is 352 g/mol. The Labute approximate surface area is 155 Å². The second-order valence-corrected chi connectivity index (χ2v) is 6.92. The number of carbonyl (C=O) groups excluding carboxylic acids is 1. The molecule has 1 aromatic carbocycles. The Morgan fingerprint density at radius 2 is 2.00 bits per heavy atom. The summed E-state index contributed by atoms with van der Waals surface area (Å²) in [6.45, 7) is 2.74. The number of carbonyl (C=O) groups is 2. The number of fused-ring (bicyclic) bond motifs is 1. The van der Waals surface area contributed by atoms with E-state index in [9.17, 15) is 9.59 Å². The molecule has 4 rings (SSSR count). The Kier molecular flexibility index (Phi) is 4.21. The predicted molar refractivity (Wildman–Crippen MR) is 93.4 cm³/mol. The van der Waals surface area contributed by atoms with Gasteiger partial charge in [-0.25, -0.2) is 4.68 Å². The minimum absolute atomic E-state index is 0.0892. The summed E-state index contributed by atoms with van der Waals surface area (Å²) in [6, 6.07) is 5.39. The van der Waals surface area contributed by atoms with Gasteiger partial charge in [-0.05, 0) is 38.3 Å². The predicted octanol–water partition coefficient (Wildman–Crippen LogP) is 1.47. The van der Waals surface area contributed by atoms with E-state index in [1.165, 1.54) is 0 Å². The molecule has 2 aromatic rings. The molecule has 0 saturated heterocycles. The van der Waals surface area contributed by atoms with Gasteiger partial charge in [0.2, 0.25) is 0 Å². The van der Waals surface area contributed by atoms with Crippen LogP contribution in [0.15, 0.2) is 18.2 Å². The zero-order chi connectivity index (χ0) is 19.0. The fraction of sp³-hybridized carbons (Fsp3) is 0.444. The molecule has 0 bridgehead atoms. The first-order chi connectivity index (χ1) is 13.0. The highest BCUT2D eigenvalue weighted by Crippen LogP contribution is 2.35. The standard InChI is InChI=1S/C18H20N4O5/c1-11-16(17(25)19-18(5-2-6-18)10-15(23)24)20-21-22(11)12-3-4-13-14(9-12)27-8-7-26-13/h3-4,9H,2,5-8,10H2,1H3,(H,19,25)(H,23,24). The van der Waals surface area contributed by atoms with E-state index in [1.807, 2.05) is 6.07 Å². The van der Waals surface area contributed by atoms with Gasteiger partial charge in [-0.3, -0.25) is 9.59 Å². The average Bonchev–Trinajstić information content (AvgIpc) is 3.00. The Balaban J connectivity index is 1.57. The SMILES string of the molecule is Cc1c(C(=O)NC2(CC(=O)O)CCC2)nnn1-c1ccc2c(c1)OCCO2. The molecule has 0 unspecified atom stereocenters. The van der Waals surface area contributed by atoms with Crippen molar-refractivity contribution >= 4 is 11.9 Å². The lowest BCUT2D eigenvalue weighted by Crippen LogP contribution is -2.54. The van der Waals surface area contributed by atoms with Gasteiger partial charge in [-0.15, -0.1) is 5.10 Å². The van der Waals surface area contributed by atoms with Crippen LogP contribution in [0.1, 0.15) is 41.9 Å². The molecule has 0 atom stereocenters. The highest BCUT2D eigenvalue weighted by Gasteiger charge is 2.41. The molecule has 27 heavy (non-hydrogen) atoms. The van der Waals surface area contributed by atoms with Crippen molar-refractivity contribution < 1.29 is 24.2 Å². The number of ether oxygens (including phenoxy) is 2. The van der Waals surface area contributed by atoms with Crippen molar-refractivity contribution in [1.82, 2.24) is 20.3 Å². The highest BCUT2D eigenvalue weighted by atomic mass is 16.6. The Hall–Kier alpha value is -3.10. The molecule has 9 nitrogen and oxygen atoms in total. The molecule has 2 heterocycles. The number of hydrogen-bond donors (Lipinski definition) is 2. The molecule has 1 saturated carbocycles. The number of aromatic nitrogens is 3. The molecule has 1 aliphatic heterocycles. The maximum atomic E-state index is 12.7. The lowest BCUT2D eigenvalue weighted by Gasteiger charge is -2.41. The van der Waals surface area contributed by atoms with Gasteiger partial charge < -0.3 is 19.9 Å². The van der Waals surface area contributed by atoms with E-state index < -0.39 is 17.4 Å². The third kappa shape index (κ3) is 3.20. The van der Waals surface area contributed by atoms with Gasteiger partial charge in [0, 0.05) is 6.07 Å². The molecule has 1 amide bonds. The molecule has 0 spiro atoms. The first-order valence-electron chi connectivity index (χ1n) is 8.84. The molecule has 2 N–H and O–H groups in total. The number of rotatable bonds is 5. The number of nitrogens with zero attached hydrogens (tertiary/aromatic N) is 3. The molecule has 2 aliphatic rings. The minimum atomic E-state index is -0.924. The zero-order valence-electron chi connectivity index (χ0n) is 14.9. The van der Waals surface area contributed by atoms with Crippen LogP contribution in [-0.2, 0) is 4.79 Å². The summed E-state index contributed by atoms with van der Waals surface area (Å²) in [5.74, 6) is -0.0419. The van der Waals surface area contributed by atoms with Crippen molar-refractivity contribution in [3.05, 3.63) is 29.6 Å². The van der Waals surface area contributed by atoms with Crippen molar-refractivity contribution in [2.45, 2.75) is 38.1 Å². The smallest absolute Gasteiger partial charge is 0.305 e. The quantitative estimate of drug-likeness (QED) is 0.816. The number of aliphatic carboxylic acids is 1. The zero-order valence-corrected chi connectivity index (χ0v) is 14.9. The van der Waals surface area contributed by atoms with Gasteiger partial charge in [0.25, 0.3) is 5.91 Å². The van der Waals surface area contributed by atoms with E-state index >= 15 is 0 Å². The number of hydrogen-bond acceptors (Lipinski definition) is 6. The van der Waals surface area contributed by atoms with Crippen LogP contribution in [0.25, 0.3) is 5.69 Å². The molecule has 1 aliphatic carbocycles. The largest absolute Gasteiger partial charge is 0.486 e. The third-order valence-electron chi connectivity index (χ3n) is 5.06. The maximum Gasteiger partial charge on any atom is 0.305 e. The molecule has 142 valence electrons. The maximum absolute atomic E-state index is 12.7. The van der Waals surface area contributed by atoms with Crippen LogP contribution in [0, 0.1) is 6.92 Å². The van der Waals surface area contributed by atoms with Gasteiger partial charge in [-0.1, -0.05) is 5.21 Å². The van der Waals surface area contributed by atoms with Crippen molar-refractivity contribution in [3.8, 4) is 17.2 Å².